The number of carboxylic acid groups (broad SMARTS) is 1. The van der Waals surface area contributed by atoms with Crippen LogP contribution in [0.5, 0.6) is 0 Å². The number of amides is 1. The summed E-state index contributed by atoms with van der Waals surface area (Å²) < 4.78 is 10.4. The minimum absolute atomic E-state index is 0. The fourth-order valence-electron chi connectivity index (χ4n) is 3.35. The van der Waals surface area contributed by atoms with E-state index in [0.717, 1.165) is 34.0 Å². The molecule has 0 aliphatic heterocycles. The molecule has 0 bridgehead atoms. The van der Waals surface area contributed by atoms with Crippen molar-refractivity contribution in [2.75, 3.05) is 31.3 Å². The van der Waals surface area contributed by atoms with Crippen LogP contribution in [0.4, 0.5) is 4.79 Å². The number of hydrogen-bond donors (Lipinski definition) is 2. The molecule has 0 aromatic heterocycles. The molecule has 3 rings (SSSR count). The smallest absolute Gasteiger partial charge is 0.407 e. The molecule has 1 radical (unpaired) electrons. The largest absolute Gasteiger partial charge is 0.481 e. The van der Waals surface area contributed by atoms with E-state index in [1.165, 1.54) is 0 Å². The van der Waals surface area contributed by atoms with Crippen LogP contribution in [0.25, 0.3) is 11.1 Å². The van der Waals surface area contributed by atoms with Gasteiger partial charge in [0.05, 0.1) is 18.7 Å². The quantitative estimate of drug-likeness (QED) is 0.273. The molecule has 9 heteroatoms. The number of rotatable bonds is 10. The average Bonchev–Trinajstić information content (AvgIpc) is 3.06. The normalized spacial score (nSPS) is 11.2. The van der Waals surface area contributed by atoms with E-state index in [-0.39, 0.29) is 78.0 Å². The number of hydrogen-bond acceptors (Lipinski definition) is 6. The van der Waals surface area contributed by atoms with E-state index in [1.807, 2.05) is 24.3 Å². The molecule has 2 N–H and O–H groups in total. The molecular weight excluding hydrogens is 507 g/mol. The van der Waals surface area contributed by atoms with Crippen LogP contribution in [0.3, 0.4) is 0 Å². The van der Waals surface area contributed by atoms with Crippen molar-refractivity contribution in [2.24, 2.45) is 0 Å². The van der Waals surface area contributed by atoms with Gasteiger partial charge in [0.15, 0.2) is 0 Å². The Morgan fingerprint density at radius 3 is 2.16 bits per heavy atom. The van der Waals surface area contributed by atoms with Crippen molar-refractivity contribution >= 4 is 29.8 Å². The van der Waals surface area contributed by atoms with E-state index in [2.05, 4.69) is 29.6 Å². The Hall–Kier alpha value is -1.90. The maximum atomic E-state index is 12.0. The van der Waals surface area contributed by atoms with E-state index in [1.54, 1.807) is 0 Å². The summed E-state index contributed by atoms with van der Waals surface area (Å²) in [7, 11) is 0. The van der Waals surface area contributed by atoms with Crippen molar-refractivity contribution in [1.29, 1.82) is 0 Å². The molecule has 32 heavy (non-hydrogen) atoms. The van der Waals surface area contributed by atoms with Crippen LogP contribution in [-0.2, 0) is 51.8 Å². The zero-order valence-corrected chi connectivity index (χ0v) is 21.6. The van der Waals surface area contributed by atoms with Gasteiger partial charge in [-0.15, -0.1) is 11.8 Å². The first kappa shape index (κ1) is 28.1. The molecule has 0 saturated carbocycles. The monoisotopic (exact) mass is 533 g/mol. The summed E-state index contributed by atoms with van der Waals surface area (Å²) in [6, 6.07) is 16.2. The Kier molecular flexibility index (Phi) is 12.6. The third kappa shape index (κ3) is 7.91. The number of aliphatic carboxylic acids is 1. The van der Waals surface area contributed by atoms with Crippen LogP contribution in [0.1, 0.15) is 23.5 Å². The van der Waals surface area contributed by atoms with E-state index < -0.39 is 18.0 Å². The van der Waals surface area contributed by atoms with Crippen LogP contribution >= 0.6 is 11.8 Å². The van der Waals surface area contributed by atoms with Crippen molar-refractivity contribution < 1.29 is 61.7 Å². The molecule has 2 aromatic rings. The van der Waals surface area contributed by atoms with Crippen LogP contribution in [0.15, 0.2) is 48.5 Å². The molecular formula is C23H26NO6SY-. The van der Waals surface area contributed by atoms with E-state index in [9.17, 15) is 14.4 Å². The maximum Gasteiger partial charge on any atom is 0.407 e. The van der Waals surface area contributed by atoms with E-state index in [0.29, 0.717) is 5.75 Å². The Bertz CT molecular complexity index is 877. The van der Waals surface area contributed by atoms with Gasteiger partial charge in [-0.3, -0.25) is 9.59 Å². The summed E-state index contributed by atoms with van der Waals surface area (Å²) in [6.45, 7) is 0.401. The molecule has 0 saturated heterocycles. The molecule has 1 aliphatic carbocycles. The van der Waals surface area contributed by atoms with Gasteiger partial charge in [-0.1, -0.05) is 48.5 Å². The molecule has 0 atom stereocenters. The van der Waals surface area contributed by atoms with Crippen molar-refractivity contribution in [1.82, 2.24) is 5.32 Å². The van der Waals surface area contributed by atoms with Crippen molar-refractivity contribution in [2.45, 2.75) is 12.3 Å². The standard InChI is InChI=1S/C22H23NO6S.CH3.Y/c24-20(25)14-30-12-9-21(26)28-11-10-23-22(27)29-13-19-17-7-3-1-5-15(17)16-6-2-4-8-18(16)19;;/h1-8,19H,9-14H2,(H,23,27)(H,24,25);1H3;/q;-1;. The minimum atomic E-state index is -0.916. The number of thioether (sulfide) groups is 1. The molecule has 0 heterocycles. The second-order valence-corrected chi connectivity index (χ2v) is 7.77. The SMILES string of the molecule is O=C(O)CSCCC(=O)OCCNC(=O)OCC1c2ccccc2-c2ccccc21.[CH3-].[Y]. The Labute approximate surface area is 217 Å². The van der Waals surface area contributed by atoms with Gasteiger partial charge in [-0.05, 0) is 22.3 Å². The Morgan fingerprint density at radius 1 is 0.969 bits per heavy atom. The second kappa shape index (κ2) is 14.3. The first-order valence-corrected chi connectivity index (χ1v) is 10.8. The third-order valence-corrected chi connectivity index (χ3v) is 5.60. The predicted octanol–water partition coefficient (Wildman–Crippen LogP) is 3.72. The minimum Gasteiger partial charge on any atom is -0.481 e. The number of alkyl carbamates (subject to hydrolysis) is 1. The van der Waals surface area contributed by atoms with Gasteiger partial charge in [0.2, 0.25) is 0 Å². The van der Waals surface area contributed by atoms with Crippen molar-refractivity contribution in [3.05, 3.63) is 67.1 Å². The first-order valence-electron chi connectivity index (χ1n) is 9.60. The number of benzene rings is 2. The van der Waals surface area contributed by atoms with Crippen molar-refractivity contribution in [3.63, 3.8) is 0 Å². The Balaban J connectivity index is 0.00000256. The molecule has 2 aromatic carbocycles. The van der Waals surface area contributed by atoms with Gasteiger partial charge in [0.25, 0.3) is 0 Å². The van der Waals surface area contributed by atoms with Crippen molar-refractivity contribution in [3.8, 4) is 11.1 Å². The molecule has 1 aliphatic rings. The maximum absolute atomic E-state index is 12.0. The van der Waals surface area contributed by atoms with E-state index >= 15 is 0 Å². The summed E-state index contributed by atoms with van der Waals surface area (Å²) >= 11 is 1.15. The fourth-order valence-corrected chi connectivity index (χ4v) is 3.98. The number of carboxylic acids is 1. The van der Waals surface area contributed by atoms with Gasteiger partial charge in [-0.25, -0.2) is 4.79 Å². The van der Waals surface area contributed by atoms with Gasteiger partial charge < -0.3 is 27.3 Å². The third-order valence-electron chi connectivity index (χ3n) is 4.65. The number of ether oxygens (including phenoxy) is 2. The summed E-state index contributed by atoms with van der Waals surface area (Å²) in [5.41, 5.74) is 4.61. The number of esters is 1. The topological polar surface area (TPSA) is 102 Å². The second-order valence-electron chi connectivity index (χ2n) is 6.67. The number of carbonyl (C=O) groups excluding carboxylic acids is 2. The van der Waals surface area contributed by atoms with Crippen LogP contribution in [-0.4, -0.2) is 54.4 Å². The first-order chi connectivity index (χ1) is 14.6. The molecule has 1 amide bonds. The fraction of sp³-hybridized carbons (Fsp3) is 0.304. The van der Waals surface area contributed by atoms with Crippen LogP contribution < -0.4 is 5.32 Å². The zero-order valence-electron chi connectivity index (χ0n) is 17.9. The predicted molar refractivity (Wildman–Crippen MR) is 120 cm³/mol. The average molecular weight is 533 g/mol. The molecule has 169 valence electrons. The van der Waals surface area contributed by atoms with Gasteiger partial charge in [0.1, 0.15) is 13.2 Å². The summed E-state index contributed by atoms with van der Waals surface area (Å²) in [5, 5.41) is 11.1. The molecule has 7 nitrogen and oxygen atoms in total. The number of fused-ring (bicyclic) bond motifs is 3. The van der Waals surface area contributed by atoms with E-state index in [4.69, 9.17) is 14.6 Å². The van der Waals surface area contributed by atoms with Crippen LogP contribution in [0.2, 0.25) is 0 Å². The summed E-state index contributed by atoms with van der Waals surface area (Å²) in [5.74, 6) is -1.02. The van der Waals surface area contributed by atoms with Gasteiger partial charge >= 0.3 is 18.0 Å². The van der Waals surface area contributed by atoms with Gasteiger partial charge in [-0.2, -0.15) is 0 Å². The molecule has 0 fully saturated rings. The zero-order chi connectivity index (χ0) is 21.3. The number of carbonyl (C=O) groups is 3. The van der Waals surface area contributed by atoms with Crippen LogP contribution in [0, 0.1) is 7.43 Å². The molecule has 0 unspecified atom stereocenters. The summed E-state index contributed by atoms with van der Waals surface area (Å²) in [4.78, 5) is 33.9. The Morgan fingerprint density at radius 2 is 1.56 bits per heavy atom. The molecule has 0 spiro atoms. The summed E-state index contributed by atoms with van der Waals surface area (Å²) in [6.07, 6.45) is -0.437. The number of nitrogens with one attached hydrogen (secondary N) is 1. The van der Waals surface area contributed by atoms with Gasteiger partial charge in [0, 0.05) is 44.4 Å².